The van der Waals surface area contributed by atoms with Gasteiger partial charge in [0.2, 0.25) is 12.4 Å². The zero-order valence-corrected chi connectivity index (χ0v) is 12.7. The number of fused-ring (bicyclic) bond motifs is 1. The van der Waals surface area contributed by atoms with Crippen molar-refractivity contribution >= 4 is 23.5 Å². The molecule has 0 aromatic carbocycles. The van der Waals surface area contributed by atoms with E-state index in [1.807, 2.05) is 0 Å². The third-order valence-corrected chi connectivity index (χ3v) is 3.49. The lowest BCUT2D eigenvalue weighted by molar-refractivity contribution is -0.109. The first-order valence-corrected chi connectivity index (χ1v) is 7.24. The van der Waals surface area contributed by atoms with E-state index in [1.54, 1.807) is 4.57 Å². The topological polar surface area (TPSA) is 114 Å². The summed E-state index contributed by atoms with van der Waals surface area (Å²) < 4.78 is 2.95. The maximum absolute atomic E-state index is 12.1. The SMILES string of the molecule is CCCCCCn1c(NNC=O)nc2c1c(=O)[nH]c(=O)n2C. The summed E-state index contributed by atoms with van der Waals surface area (Å²) in [7, 11) is 1.53. The largest absolute Gasteiger partial charge is 0.329 e. The molecule has 0 atom stereocenters. The third-order valence-electron chi connectivity index (χ3n) is 3.49. The van der Waals surface area contributed by atoms with Crippen LogP contribution in [-0.4, -0.2) is 25.5 Å². The van der Waals surface area contributed by atoms with Gasteiger partial charge in [-0.15, -0.1) is 0 Å². The van der Waals surface area contributed by atoms with E-state index in [1.165, 1.54) is 11.6 Å². The van der Waals surface area contributed by atoms with Crippen molar-refractivity contribution in [3.05, 3.63) is 20.8 Å². The molecule has 0 radical (unpaired) electrons. The Balaban J connectivity index is 2.48. The normalized spacial score (nSPS) is 10.8. The molecule has 22 heavy (non-hydrogen) atoms. The van der Waals surface area contributed by atoms with Crippen LogP contribution < -0.4 is 22.1 Å². The first-order chi connectivity index (χ1) is 10.6. The summed E-state index contributed by atoms with van der Waals surface area (Å²) in [5.74, 6) is 0.324. The quantitative estimate of drug-likeness (QED) is 0.363. The van der Waals surface area contributed by atoms with Gasteiger partial charge in [0.1, 0.15) is 0 Å². The molecule has 9 nitrogen and oxygen atoms in total. The molecule has 0 aliphatic carbocycles. The molecule has 0 saturated carbocycles. The van der Waals surface area contributed by atoms with Gasteiger partial charge in [0, 0.05) is 13.6 Å². The van der Waals surface area contributed by atoms with Crippen molar-refractivity contribution in [3.8, 4) is 0 Å². The fourth-order valence-electron chi connectivity index (χ4n) is 2.34. The number of carbonyl (C=O) groups is 1. The van der Waals surface area contributed by atoms with Crippen LogP contribution in [0, 0.1) is 0 Å². The molecule has 120 valence electrons. The van der Waals surface area contributed by atoms with Crippen LogP contribution in [0.25, 0.3) is 11.2 Å². The predicted octanol–water partition coefficient (Wildman–Crippen LogP) is 0.0765. The van der Waals surface area contributed by atoms with Gasteiger partial charge in [-0.25, -0.2) is 4.79 Å². The predicted molar refractivity (Wildman–Crippen MR) is 82.6 cm³/mol. The Morgan fingerprint density at radius 1 is 1.27 bits per heavy atom. The minimum absolute atomic E-state index is 0.277. The highest BCUT2D eigenvalue weighted by Crippen LogP contribution is 2.16. The van der Waals surface area contributed by atoms with Gasteiger partial charge in [-0.3, -0.25) is 30.0 Å². The number of amides is 1. The molecular weight excluding hydrogens is 288 g/mol. The first-order valence-electron chi connectivity index (χ1n) is 7.24. The number of imidazole rings is 1. The van der Waals surface area contributed by atoms with Gasteiger partial charge in [0.15, 0.2) is 11.2 Å². The fraction of sp³-hybridized carbons (Fsp3) is 0.538. The van der Waals surface area contributed by atoms with Crippen LogP contribution >= 0.6 is 0 Å². The van der Waals surface area contributed by atoms with Crippen LogP contribution in [0.3, 0.4) is 0 Å². The number of carbonyl (C=O) groups excluding carboxylic acids is 1. The molecule has 1 amide bonds. The molecule has 9 heteroatoms. The number of hydrogen-bond donors (Lipinski definition) is 3. The van der Waals surface area contributed by atoms with Gasteiger partial charge in [0.05, 0.1) is 0 Å². The number of aryl methyl sites for hydroxylation is 2. The molecule has 0 aliphatic heterocycles. The second-order valence-electron chi connectivity index (χ2n) is 5.03. The van der Waals surface area contributed by atoms with Crippen LogP contribution in [0.5, 0.6) is 0 Å². The van der Waals surface area contributed by atoms with Crippen LogP contribution in [0.15, 0.2) is 9.59 Å². The molecule has 0 bridgehead atoms. The van der Waals surface area contributed by atoms with E-state index < -0.39 is 11.2 Å². The minimum atomic E-state index is -0.525. The Kier molecular flexibility index (Phi) is 4.97. The molecule has 0 aliphatic rings. The Hall–Kier alpha value is -2.58. The van der Waals surface area contributed by atoms with Crippen LogP contribution in [0.2, 0.25) is 0 Å². The fourth-order valence-corrected chi connectivity index (χ4v) is 2.34. The summed E-state index contributed by atoms with van der Waals surface area (Å²) >= 11 is 0. The lowest BCUT2D eigenvalue weighted by atomic mass is 10.2. The van der Waals surface area contributed by atoms with E-state index in [0.717, 1.165) is 25.7 Å². The second-order valence-corrected chi connectivity index (χ2v) is 5.03. The van der Waals surface area contributed by atoms with E-state index >= 15 is 0 Å². The van der Waals surface area contributed by atoms with Gasteiger partial charge < -0.3 is 4.57 Å². The molecule has 0 fully saturated rings. The van der Waals surface area contributed by atoms with E-state index in [0.29, 0.717) is 24.4 Å². The van der Waals surface area contributed by atoms with E-state index in [4.69, 9.17) is 0 Å². The van der Waals surface area contributed by atoms with Crippen molar-refractivity contribution < 1.29 is 4.79 Å². The summed E-state index contributed by atoms with van der Waals surface area (Å²) in [6.07, 6.45) is 4.59. The number of H-pyrrole nitrogens is 1. The van der Waals surface area contributed by atoms with E-state index in [2.05, 4.69) is 27.7 Å². The summed E-state index contributed by atoms with van der Waals surface area (Å²) in [5.41, 5.74) is 4.52. The minimum Gasteiger partial charge on any atom is -0.303 e. The maximum atomic E-state index is 12.1. The van der Waals surface area contributed by atoms with Crippen LogP contribution in [-0.2, 0) is 18.4 Å². The molecule has 0 saturated heterocycles. The lowest BCUT2D eigenvalue weighted by Gasteiger charge is -2.09. The van der Waals surface area contributed by atoms with Gasteiger partial charge in [0.25, 0.3) is 5.56 Å². The Bertz CT molecular complexity index is 772. The van der Waals surface area contributed by atoms with Crippen molar-refractivity contribution in [1.29, 1.82) is 0 Å². The second kappa shape index (κ2) is 6.92. The number of hydrazine groups is 1. The Morgan fingerprint density at radius 3 is 2.73 bits per heavy atom. The monoisotopic (exact) mass is 308 g/mol. The zero-order chi connectivity index (χ0) is 16.1. The number of anilines is 1. The molecule has 2 aromatic rings. The van der Waals surface area contributed by atoms with Gasteiger partial charge >= 0.3 is 5.69 Å². The summed E-state index contributed by atoms with van der Waals surface area (Å²) in [6.45, 7) is 2.69. The third kappa shape index (κ3) is 3.02. The van der Waals surface area contributed by atoms with Crippen LogP contribution in [0.1, 0.15) is 32.6 Å². The highest BCUT2D eigenvalue weighted by atomic mass is 16.2. The highest BCUT2D eigenvalue weighted by Gasteiger charge is 2.16. The molecular formula is C13H20N6O3. The zero-order valence-electron chi connectivity index (χ0n) is 12.7. The smallest absolute Gasteiger partial charge is 0.303 e. The van der Waals surface area contributed by atoms with Crippen molar-refractivity contribution in [2.24, 2.45) is 7.05 Å². The van der Waals surface area contributed by atoms with Crippen molar-refractivity contribution in [3.63, 3.8) is 0 Å². The molecule has 2 rings (SSSR count). The first kappa shape index (κ1) is 15.8. The Morgan fingerprint density at radius 2 is 2.05 bits per heavy atom. The number of aromatic nitrogens is 4. The number of unbranched alkanes of at least 4 members (excludes halogenated alkanes) is 3. The van der Waals surface area contributed by atoms with E-state index in [9.17, 15) is 14.4 Å². The summed E-state index contributed by atoms with van der Waals surface area (Å²) in [6, 6.07) is 0. The molecule has 0 unspecified atom stereocenters. The number of rotatable bonds is 8. The van der Waals surface area contributed by atoms with Crippen molar-refractivity contribution in [1.82, 2.24) is 24.5 Å². The van der Waals surface area contributed by atoms with Crippen LogP contribution in [0.4, 0.5) is 5.95 Å². The molecule has 2 aromatic heterocycles. The average molecular weight is 308 g/mol. The van der Waals surface area contributed by atoms with Gasteiger partial charge in [-0.1, -0.05) is 26.2 Å². The number of hydrogen-bond acceptors (Lipinski definition) is 5. The molecule has 2 heterocycles. The highest BCUT2D eigenvalue weighted by molar-refractivity contribution is 5.74. The summed E-state index contributed by atoms with van der Waals surface area (Å²) in [4.78, 5) is 40.7. The number of aromatic amines is 1. The lowest BCUT2D eigenvalue weighted by Crippen LogP contribution is -2.29. The van der Waals surface area contributed by atoms with Crippen molar-refractivity contribution in [2.45, 2.75) is 39.2 Å². The molecule has 3 N–H and O–H groups in total. The van der Waals surface area contributed by atoms with Gasteiger partial charge in [-0.2, -0.15) is 4.98 Å². The van der Waals surface area contributed by atoms with E-state index in [-0.39, 0.29) is 5.65 Å². The Labute approximate surface area is 126 Å². The molecule has 0 spiro atoms. The number of nitrogens with zero attached hydrogens (tertiary/aromatic N) is 3. The number of nitrogens with one attached hydrogen (secondary N) is 3. The van der Waals surface area contributed by atoms with Crippen molar-refractivity contribution in [2.75, 3.05) is 5.43 Å². The summed E-state index contributed by atoms with van der Waals surface area (Å²) in [5, 5.41) is 0. The standard InChI is InChI=1S/C13H20N6O3/c1-3-4-5-6-7-19-9-10(15-12(19)17-14-8-20)18(2)13(22)16-11(9)21/h8H,3-7H2,1-2H3,(H,14,20)(H,15,17)(H,16,21,22). The maximum Gasteiger partial charge on any atom is 0.329 e. The average Bonchev–Trinajstić information content (AvgIpc) is 2.86. The van der Waals surface area contributed by atoms with Gasteiger partial charge in [-0.05, 0) is 6.42 Å².